The van der Waals surface area contributed by atoms with Gasteiger partial charge in [-0.1, -0.05) is 12.1 Å². The molecule has 0 saturated carbocycles. The van der Waals surface area contributed by atoms with Crippen LogP contribution in [0.2, 0.25) is 0 Å². The van der Waals surface area contributed by atoms with Gasteiger partial charge in [-0.15, -0.1) is 0 Å². The zero-order valence-corrected chi connectivity index (χ0v) is 15.0. The van der Waals surface area contributed by atoms with Crippen LogP contribution in [0, 0.1) is 5.92 Å². The number of halogens is 2. The number of carbonyl (C=O) groups is 2. The van der Waals surface area contributed by atoms with E-state index in [0.29, 0.717) is 25.9 Å². The maximum atomic E-state index is 12.8. The van der Waals surface area contributed by atoms with E-state index in [1.54, 1.807) is 6.07 Å². The number of benzene rings is 1. The summed E-state index contributed by atoms with van der Waals surface area (Å²) in [5.74, 6) is -1.10. The topological polar surface area (TPSA) is 84.7 Å². The first kappa shape index (κ1) is 20.1. The summed E-state index contributed by atoms with van der Waals surface area (Å²) in [6.07, 6.45) is 1.32. The number of hydrogen-bond acceptors (Lipinski definition) is 4. The van der Waals surface area contributed by atoms with Crippen molar-refractivity contribution in [2.24, 2.45) is 11.7 Å². The van der Waals surface area contributed by atoms with E-state index in [-0.39, 0.29) is 29.7 Å². The number of ether oxygens (including phenoxy) is 1. The third-order valence-electron chi connectivity index (χ3n) is 4.38. The molecular weight excluding hydrogens is 344 g/mol. The van der Waals surface area contributed by atoms with E-state index in [2.05, 4.69) is 10.1 Å². The molecule has 1 aromatic carbocycles. The van der Waals surface area contributed by atoms with Gasteiger partial charge in [-0.25, -0.2) is 0 Å². The first-order valence-corrected chi connectivity index (χ1v) is 8.58. The quantitative estimate of drug-likeness (QED) is 0.803. The number of nitrogens with one attached hydrogen (secondary N) is 1. The Labute approximate surface area is 151 Å². The monoisotopic (exact) mass is 369 g/mol. The Kier molecular flexibility index (Phi) is 6.52. The molecule has 1 unspecified atom stereocenters. The molecule has 0 aromatic heterocycles. The molecule has 0 spiro atoms. The summed E-state index contributed by atoms with van der Waals surface area (Å²) in [6.45, 7) is 1.64. The lowest BCUT2D eigenvalue weighted by Gasteiger charge is -2.34. The molecule has 1 aromatic rings. The maximum absolute atomic E-state index is 12.8. The van der Waals surface area contributed by atoms with E-state index in [4.69, 9.17) is 5.73 Å². The number of alkyl halides is 2. The van der Waals surface area contributed by atoms with Crippen molar-refractivity contribution in [1.29, 1.82) is 0 Å². The average molecular weight is 369 g/mol. The number of piperidine rings is 1. The first-order chi connectivity index (χ1) is 12.2. The van der Waals surface area contributed by atoms with Gasteiger partial charge in [0, 0.05) is 25.2 Å². The normalized spacial score (nSPS) is 17.9. The minimum Gasteiger partial charge on any atom is -0.434 e. The predicted molar refractivity (Wildman–Crippen MR) is 93.0 cm³/mol. The number of amides is 2. The molecule has 1 aliphatic rings. The molecule has 6 nitrogen and oxygen atoms in total. The smallest absolute Gasteiger partial charge is 0.387 e. The molecule has 1 heterocycles. The molecule has 0 aliphatic carbocycles. The van der Waals surface area contributed by atoms with Gasteiger partial charge in [-0.05, 0) is 38.8 Å². The van der Waals surface area contributed by atoms with Gasteiger partial charge in [0.05, 0.1) is 11.5 Å². The van der Waals surface area contributed by atoms with Gasteiger partial charge in [0.25, 0.3) is 5.91 Å². The number of carbonyl (C=O) groups excluding carboxylic acids is 2. The van der Waals surface area contributed by atoms with E-state index in [1.807, 2.05) is 13.8 Å². The molecule has 26 heavy (non-hydrogen) atoms. The van der Waals surface area contributed by atoms with Crippen LogP contribution in [0.1, 0.15) is 37.0 Å². The Morgan fingerprint density at radius 3 is 2.73 bits per heavy atom. The molecule has 1 aliphatic heterocycles. The first-order valence-electron chi connectivity index (χ1n) is 8.58. The van der Waals surface area contributed by atoms with Crippen LogP contribution in [0.3, 0.4) is 0 Å². The van der Waals surface area contributed by atoms with Gasteiger partial charge >= 0.3 is 6.61 Å². The fraction of sp³-hybridized carbons (Fsp3) is 0.556. The minimum atomic E-state index is -3.01. The molecule has 2 rings (SSSR count). The summed E-state index contributed by atoms with van der Waals surface area (Å²) < 4.78 is 29.5. The molecule has 0 radical (unpaired) electrons. The van der Waals surface area contributed by atoms with Crippen LogP contribution in [0.15, 0.2) is 24.3 Å². The predicted octanol–water partition coefficient (Wildman–Crippen LogP) is 1.99. The van der Waals surface area contributed by atoms with Gasteiger partial charge in [-0.2, -0.15) is 8.78 Å². The van der Waals surface area contributed by atoms with Crippen molar-refractivity contribution < 1.29 is 23.1 Å². The van der Waals surface area contributed by atoms with Crippen LogP contribution in [-0.2, 0) is 4.79 Å². The number of nitrogens with two attached hydrogens (primary N) is 1. The van der Waals surface area contributed by atoms with Crippen molar-refractivity contribution >= 4 is 11.8 Å². The SMILES string of the molecule is CC(C)(CN)NC(=O)C1CCCN(C(=O)c2ccccc2OC(F)F)C1. The van der Waals surface area contributed by atoms with Crippen LogP contribution >= 0.6 is 0 Å². The van der Waals surface area contributed by atoms with Crippen LogP contribution in [0.5, 0.6) is 5.75 Å². The Bertz CT molecular complexity index is 652. The number of likely N-dealkylation sites (tertiary alicyclic amines) is 1. The summed E-state index contributed by atoms with van der Waals surface area (Å²) in [6, 6.07) is 5.89. The van der Waals surface area contributed by atoms with E-state index >= 15 is 0 Å². The summed E-state index contributed by atoms with van der Waals surface area (Å²) in [5.41, 5.74) is 5.18. The fourth-order valence-corrected chi connectivity index (χ4v) is 2.87. The van der Waals surface area contributed by atoms with Crippen molar-refractivity contribution in [3.05, 3.63) is 29.8 Å². The van der Waals surface area contributed by atoms with Crippen LogP contribution < -0.4 is 15.8 Å². The zero-order chi connectivity index (χ0) is 19.3. The number of nitrogens with zero attached hydrogens (tertiary/aromatic N) is 1. The van der Waals surface area contributed by atoms with Crippen molar-refractivity contribution in [1.82, 2.24) is 10.2 Å². The second-order valence-corrected chi connectivity index (χ2v) is 7.04. The van der Waals surface area contributed by atoms with Gasteiger partial charge in [0.15, 0.2) is 0 Å². The summed E-state index contributed by atoms with van der Waals surface area (Å²) in [4.78, 5) is 26.7. The van der Waals surface area contributed by atoms with Crippen molar-refractivity contribution in [2.75, 3.05) is 19.6 Å². The van der Waals surface area contributed by atoms with Crippen LogP contribution in [-0.4, -0.2) is 48.5 Å². The third kappa shape index (κ3) is 5.14. The molecule has 8 heteroatoms. The highest BCUT2D eigenvalue weighted by Gasteiger charge is 2.32. The summed E-state index contributed by atoms with van der Waals surface area (Å²) >= 11 is 0. The Balaban J connectivity index is 2.10. The van der Waals surface area contributed by atoms with Crippen molar-refractivity contribution in [3.8, 4) is 5.75 Å². The van der Waals surface area contributed by atoms with E-state index in [9.17, 15) is 18.4 Å². The highest BCUT2D eigenvalue weighted by molar-refractivity contribution is 5.97. The van der Waals surface area contributed by atoms with Crippen LogP contribution in [0.4, 0.5) is 8.78 Å². The van der Waals surface area contributed by atoms with E-state index < -0.39 is 18.1 Å². The molecule has 3 N–H and O–H groups in total. The molecule has 1 saturated heterocycles. The van der Waals surface area contributed by atoms with Gasteiger partial charge in [0.1, 0.15) is 5.75 Å². The number of para-hydroxylation sites is 1. The largest absolute Gasteiger partial charge is 0.434 e. The second kappa shape index (κ2) is 8.44. The zero-order valence-electron chi connectivity index (χ0n) is 15.0. The molecule has 2 amide bonds. The van der Waals surface area contributed by atoms with Crippen molar-refractivity contribution in [3.63, 3.8) is 0 Å². The summed E-state index contributed by atoms with van der Waals surface area (Å²) in [5, 5.41) is 2.89. The highest BCUT2D eigenvalue weighted by atomic mass is 19.3. The Morgan fingerprint density at radius 2 is 2.08 bits per heavy atom. The minimum absolute atomic E-state index is 0.0659. The molecular formula is C18H25F2N3O3. The maximum Gasteiger partial charge on any atom is 0.387 e. The van der Waals surface area contributed by atoms with Gasteiger partial charge < -0.3 is 20.7 Å². The van der Waals surface area contributed by atoms with Crippen molar-refractivity contribution in [2.45, 2.75) is 38.8 Å². The summed E-state index contributed by atoms with van der Waals surface area (Å²) in [7, 11) is 0. The van der Waals surface area contributed by atoms with E-state index in [1.165, 1.54) is 23.1 Å². The van der Waals surface area contributed by atoms with E-state index in [0.717, 1.165) is 0 Å². The molecule has 1 fully saturated rings. The lowest BCUT2D eigenvalue weighted by atomic mass is 9.94. The Hall–Kier alpha value is -2.22. The molecule has 0 bridgehead atoms. The fourth-order valence-electron chi connectivity index (χ4n) is 2.87. The standard InChI is InChI=1S/C18H25F2N3O3/c1-18(2,11-21)22-15(24)12-6-5-9-23(10-12)16(25)13-7-3-4-8-14(13)26-17(19)20/h3-4,7-8,12,17H,5-6,9-11,21H2,1-2H3,(H,22,24). The van der Waals surface area contributed by atoms with Gasteiger partial charge in [-0.3, -0.25) is 9.59 Å². The second-order valence-electron chi connectivity index (χ2n) is 7.04. The molecule has 144 valence electrons. The van der Waals surface area contributed by atoms with Crippen LogP contribution in [0.25, 0.3) is 0 Å². The molecule has 1 atom stereocenters. The lowest BCUT2D eigenvalue weighted by molar-refractivity contribution is -0.127. The van der Waals surface area contributed by atoms with Gasteiger partial charge in [0.2, 0.25) is 5.91 Å². The number of hydrogen-bond donors (Lipinski definition) is 2. The number of rotatable bonds is 6. The Morgan fingerprint density at radius 1 is 1.38 bits per heavy atom. The average Bonchev–Trinajstić information content (AvgIpc) is 2.61. The third-order valence-corrected chi connectivity index (χ3v) is 4.38. The lowest BCUT2D eigenvalue weighted by Crippen LogP contribution is -2.53. The highest BCUT2D eigenvalue weighted by Crippen LogP contribution is 2.25.